The van der Waals surface area contributed by atoms with Crippen LogP contribution in [0, 0.1) is 6.92 Å². The fourth-order valence-electron chi connectivity index (χ4n) is 3.57. The average Bonchev–Trinajstić information content (AvgIpc) is 2.83. The molecule has 3 heterocycles. The molecule has 1 aromatic heterocycles. The normalized spacial score (nSPS) is 19.9. The molecule has 1 unspecified atom stereocenters. The van der Waals surface area contributed by atoms with E-state index >= 15 is 0 Å². The molecule has 7 nitrogen and oxygen atoms in total. The molecule has 0 radical (unpaired) electrons. The molecule has 2 saturated heterocycles. The summed E-state index contributed by atoms with van der Waals surface area (Å²) in [6.07, 6.45) is 2.18. The number of para-hydroxylation sites is 1. The van der Waals surface area contributed by atoms with Gasteiger partial charge in [0, 0.05) is 25.0 Å². The third kappa shape index (κ3) is 3.05. The molecule has 2 aliphatic rings. The predicted octanol–water partition coefficient (Wildman–Crippen LogP) is 2.07. The zero-order valence-corrected chi connectivity index (χ0v) is 15.0. The first-order valence-electron chi connectivity index (χ1n) is 8.98. The third-order valence-electron chi connectivity index (χ3n) is 5.00. The van der Waals surface area contributed by atoms with E-state index in [4.69, 9.17) is 0 Å². The molecule has 0 N–H and O–H groups in total. The zero-order valence-electron chi connectivity index (χ0n) is 15.0. The van der Waals surface area contributed by atoms with Crippen LogP contribution in [-0.2, 0) is 4.79 Å². The van der Waals surface area contributed by atoms with Crippen LogP contribution in [0.3, 0.4) is 0 Å². The van der Waals surface area contributed by atoms with Crippen LogP contribution in [0.25, 0.3) is 0 Å². The smallest absolute Gasteiger partial charge is 0.332 e. The SMILES string of the molecule is Cc1ccc(C(=O)N2CCCN3C(=O)N(c4ccccc4)C(=O)C3C2)cn1. The molecule has 4 amide bonds. The van der Waals surface area contributed by atoms with Gasteiger partial charge in [0.25, 0.3) is 11.8 Å². The number of anilines is 1. The Labute approximate surface area is 157 Å². The third-order valence-corrected chi connectivity index (χ3v) is 5.00. The minimum absolute atomic E-state index is 0.164. The first-order valence-corrected chi connectivity index (χ1v) is 8.98. The second kappa shape index (κ2) is 6.83. The Bertz CT molecular complexity index is 882. The van der Waals surface area contributed by atoms with Crippen molar-refractivity contribution in [2.45, 2.75) is 19.4 Å². The summed E-state index contributed by atoms with van der Waals surface area (Å²) in [5, 5.41) is 0. The summed E-state index contributed by atoms with van der Waals surface area (Å²) in [6.45, 7) is 3.01. The summed E-state index contributed by atoms with van der Waals surface area (Å²) in [5.41, 5.74) is 1.88. The molecule has 4 rings (SSSR count). The van der Waals surface area contributed by atoms with E-state index in [1.165, 1.54) is 4.90 Å². The highest BCUT2D eigenvalue weighted by Gasteiger charge is 2.47. The summed E-state index contributed by atoms with van der Waals surface area (Å²) in [4.78, 5) is 47.2. The van der Waals surface area contributed by atoms with Crippen molar-refractivity contribution in [2.75, 3.05) is 24.5 Å². The largest absolute Gasteiger partial charge is 0.336 e. The van der Waals surface area contributed by atoms with Gasteiger partial charge in [-0.2, -0.15) is 0 Å². The highest BCUT2D eigenvalue weighted by molar-refractivity contribution is 6.21. The molecule has 138 valence electrons. The number of aryl methyl sites for hydroxylation is 1. The van der Waals surface area contributed by atoms with Crippen molar-refractivity contribution in [3.8, 4) is 0 Å². The number of pyridine rings is 1. The number of carbonyl (C=O) groups excluding carboxylic acids is 3. The van der Waals surface area contributed by atoms with Crippen LogP contribution in [0.4, 0.5) is 10.5 Å². The molecule has 0 aliphatic carbocycles. The molecule has 7 heteroatoms. The number of nitrogens with zero attached hydrogens (tertiary/aromatic N) is 4. The van der Waals surface area contributed by atoms with Crippen LogP contribution in [0.15, 0.2) is 48.7 Å². The second-order valence-electron chi connectivity index (χ2n) is 6.79. The Kier molecular flexibility index (Phi) is 4.35. The van der Waals surface area contributed by atoms with Gasteiger partial charge in [-0.05, 0) is 37.6 Å². The number of fused-ring (bicyclic) bond motifs is 1. The number of rotatable bonds is 2. The second-order valence-corrected chi connectivity index (χ2v) is 6.79. The van der Waals surface area contributed by atoms with Gasteiger partial charge in [-0.1, -0.05) is 18.2 Å². The monoisotopic (exact) mass is 364 g/mol. The molecular formula is C20H20N4O3. The van der Waals surface area contributed by atoms with Crippen molar-refractivity contribution in [3.63, 3.8) is 0 Å². The average molecular weight is 364 g/mol. The van der Waals surface area contributed by atoms with Gasteiger partial charge in [-0.3, -0.25) is 14.6 Å². The summed E-state index contributed by atoms with van der Waals surface area (Å²) in [5.74, 6) is -0.448. The van der Waals surface area contributed by atoms with Gasteiger partial charge in [0.2, 0.25) is 0 Å². The molecule has 1 atom stereocenters. The van der Waals surface area contributed by atoms with Gasteiger partial charge in [-0.15, -0.1) is 0 Å². The molecule has 0 saturated carbocycles. The lowest BCUT2D eigenvalue weighted by atomic mass is 10.2. The summed E-state index contributed by atoms with van der Waals surface area (Å²) < 4.78 is 0. The first-order chi connectivity index (χ1) is 13.1. The number of carbonyl (C=O) groups is 3. The Morgan fingerprint density at radius 3 is 2.56 bits per heavy atom. The van der Waals surface area contributed by atoms with Crippen LogP contribution >= 0.6 is 0 Å². The van der Waals surface area contributed by atoms with Gasteiger partial charge in [-0.25, -0.2) is 9.69 Å². The van der Waals surface area contributed by atoms with Crippen LogP contribution in [0.5, 0.6) is 0 Å². The van der Waals surface area contributed by atoms with Crippen LogP contribution in [-0.4, -0.2) is 58.3 Å². The molecule has 1 aromatic carbocycles. The van der Waals surface area contributed by atoms with Gasteiger partial charge >= 0.3 is 6.03 Å². The van der Waals surface area contributed by atoms with Crippen LogP contribution in [0.2, 0.25) is 0 Å². The summed E-state index contributed by atoms with van der Waals surface area (Å²) in [6, 6.07) is 11.5. The topological polar surface area (TPSA) is 73.8 Å². The highest BCUT2D eigenvalue weighted by Crippen LogP contribution is 2.27. The lowest BCUT2D eigenvalue weighted by Crippen LogP contribution is -2.43. The van der Waals surface area contributed by atoms with E-state index in [1.54, 1.807) is 52.4 Å². The zero-order chi connectivity index (χ0) is 19.0. The van der Waals surface area contributed by atoms with Gasteiger partial charge < -0.3 is 9.80 Å². The molecular weight excluding hydrogens is 344 g/mol. The molecule has 2 fully saturated rings. The predicted molar refractivity (Wildman–Crippen MR) is 99.3 cm³/mol. The summed E-state index contributed by atoms with van der Waals surface area (Å²) in [7, 11) is 0. The maximum atomic E-state index is 13.0. The standard InChI is InChI=1S/C20H20N4O3/c1-14-8-9-15(12-21-14)18(25)22-10-5-11-23-17(13-22)19(26)24(20(23)27)16-6-3-2-4-7-16/h2-4,6-9,12,17H,5,10-11,13H2,1H3. The molecule has 0 bridgehead atoms. The van der Waals surface area contributed by atoms with Crippen molar-refractivity contribution in [1.29, 1.82) is 0 Å². The van der Waals surface area contributed by atoms with E-state index in [1.807, 2.05) is 13.0 Å². The van der Waals surface area contributed by atoms with E-state index in [0.717, 1.165) is 5.69 Å². The van der Waals surface area contributed by atoms with Gasteiger partial charge in [0.1, 0.15) is 6.04 Å². The minimum Gasteiger partial charge on any atom is -0.336 e. The Balaban J connectivity index is 1.58. The number of amides is 4. The Hall–Kier alpha value is -3.22. The number of hydrogen-bond donors (Lipinski definition) is 0. The highest BCUT2D eigenvalue weighted by atomic mass is 16.2. The number of benzene rings is 1. The van der Waals surface area contributed by atoms with Gasteiger partial charge in [0.15, 0.2) is 0 Å². The van der Waals surface area contributed by atoms with Crippen molar-refractivity contribution in [3.05, 3.63) is 59.9 Å². The van der Waals surface area contributed by atoms with Crippen molar-refractivity contribution in [1.82, 2.24) is 14.8 Å². The molecule has 27 heavy (non-hydrogen) atoms. The van der Waals surface area contributed by atoms with E-state index < -0.39 is 6.04 Å². The molecule has 2 aliphatic heterocycles. The Morgan fingerprint density at radius 2 is 1.85 bits per heavy atom. The lowest BCUT2D eigenvalue weighted by molar-refractivity contribution is -0.119. The Morgan fingerprint density at radius 1 is 1.07 bits per heavy atom. The molecule has 2 aromatic rings. The van der Waals surface area contributed by atoms with E-state index in [0.29, 0.717) is 30.8 Å². The van der Waals surface area contributed by atoms with Crippen LogP contribution in [0.1, 0.15) is 22.5 Å². The first kappa shape index (κ1) is 17.2. The number of aromatic nitrogens is 1. The van der Waals surface area contributed by atoms with Crippen molar-refractivity contribution >= 4 is 23.5 Å². The lowest BCUT2D eigenvalue weighted by Gasteiger charge is -2.23. The van der Waals surface area contributed by atoms with Crippen molar-refractivity contribution < 1.29 is 14.4 Å². The molecule has 0 spiro atoms. The summed E-state index contributed by atoms with van der Waals surface area (Å²) >= 11 is 0. The van der Waals surface area contributed by atoms with E-state index in [2.05, 4.69) is 4.98 Å². The van der Waals surface area contributed by atoms with Crippen LogP contribution < -0.4 is 4.90 Å². The van der Waals surface area contributed by atoms with Gasteiger partial charge in [0.05, 0.1) is 17.8 Å². The van der Waals surface area contributed by atoms with E-state index in [-0.39, 0.29) is 24.4 Å². The number of urea groups is 1. The fraction of sp³-hybridized carbons (Fsp3) is 0.300. The fourth-order valence-corrected chi connectivity index (χ4v) is 3.57. The quantitative estimate of drug-likeness (QED) is 0.765. The van der Waals surface area contributed by atoms with Crippen molar-refractivity contribution in [2.24, 2.45) is 0 Å². The maximum absolute atomic E-state index is 13.0. The van der Waals surface area contributed by atoms with E-state index in [9.17, 15) is 14.4 Å². The number of hydrogen-bond acceptors (Lipinski definition) is 4. The minimum atomic E-state index is -0.650. The number of imide groups is 1. The maximum Gasteiger partial charge on any atom is 0.332 e.